The fourth-order valence-corrected chi connectivity index (χ4v) is 3.51. The SMILES string of the molecule is Cc1c([C@@H]2CN(Cc3ccc(F)c(C#N)c3)C[C@H]2C(N)=O)cnn1C. The maximum atomic E-state index is 13.5. The zero-order chi connectivity index (χ0) is 18.1. The van der Waals surface area contributed by atoms with E-state index in [4.69, 9.17) is 11.0 Å². The zero-order valence-corrected chi connectivity index (χ0v) is 14.2. The molecular weight excluding hydrogens is 321 g/mol. The van der Waals surface area contributed by atoms with Crippen LogP contribution in [0.3, 0.4) is 0 Å². The van der Waals surface area contributed by atoms with Crippen LogP contribution >= 0.6 is 0 Å². The molecule has 1 saturated heterocycles. The van der Waals surface area contributed by atoms with Gasteiger partial charge in [0.15, 0.2) is 0 Å². The van der Waals surface area contributed by atoms with E-state index >= 15 is 0 Å². The fraction of sp³-hybridized carbons (Fsp3) is 0.389. The second-order valence-corrected chi connectivity index (χ2v) is 6.54. The lowest BCUT2D eigenvalue weighted by molar-refractivity contribution is -0.121. The first-order chi connectivity index (χ1) is 11.9. The number of hydrogen-bond acceptors (Lipinski definition) is 4. The summed E-state index contributed by atoms with van der Waals surface area (Å²) < 4.78 is 15.3. The van der Waals surface area contributed by atoms with Crippen molar-refractivity contribution in [2.45, 2.75) is 19.4 Å². The van der Waals surface area contributed by atoms with Crippen molar-refractivity contribution in [2.24, 2.45) is 18.7 Å². The average molecular weight is 341 g/mol. The number of nitriles is 1. The number of hydrogen-bond donors (Lipinski definition) is 1. The van der Waals surface area contributed by atoms with Crippen molar-refractivity contribution in [1.29, 1.82) is 5.26 Å². The summed E-state index contributed by atoms with van der Waals surface area (Å²) in [7, 11) is 1.87. The maximum Gasteiger partial charge on any atom is 0.222 e. The highest BCUT2D eigenvalue weighted by Gasteiger charge is 2.38. The van der Waals surface area contributed by atoms with Gasteiger partial charge in [-0.15, -0.1) is 0 Å². The minimum atomic E-state index is -0.522. The highest BCUT2D eigenvalue weighted by atomic mass is 19.1. The minimum Gasteiger partial charge on any atom is -0.369 e. The zero-order valence-electron chi connectivity index (χ0n) is 14.2. The number of benzene rings is 1. The van der Waals surface area contributed by atoms with Crippen LogP contribution in [0.5, 0.6) is 0 Å². The molecule has 0 unspecified atom stereocenters. The summed E-state index contributed by atoms with van der Waals surface area (Å²) >= 11 is 0. The second-order valence-electron chi connectivity index (χ2n) is 6.54. The van der Waals surface area contributed by atoms with E-state index in [9.17, 15) is 9.18 Å². The molecule has 2 aromatic rings. The Morgan fingerprint density at radius 2 is 2.24 bits per heavy atom. The quantitative estimate of drug-likeness (QED) is 0.911. The Bertz CT molecular complexity index is 854. The van der Waals surface area contributed by atoms with E-state index in [-0.39, 0.29) is 23.3 Å². The van der Waals surface area contributed by atoms with Gasteiger partial charge in [0.05, 0.1) is 17.7 Å². The third kappa shape index (κ3) is 3.26. The van der Waals surface area contributed by atoms with Gasteiger partial charge in [-0.25, -0.2) is 4.39 Å². The summed E-state index contributed by atoms with van der Waals surface area (Å²) in [6.07, 6.45) is 1.80. The molecule has 0 bridgehead atoms. The van der Waals surface area contributed by atoms with Crippen LogP contribution in [-0.2, 0) is 18.4 Å². The molecule has 1 aliphatic rings. The minimum absolute atomic E-state index is 0.0120. The van der Waals surface area contributed by atoms with Crippen molar-refractivity contribution in [3.63, 3.8) is 0 Å². The van der Waals surface area contributed by atoms with Crippen LogP contribution in [-0.4, -0.2) is 33.7 Å². The highest BCUT2D eigenvalue weighted by molar-refractivity contribution is 5.78. The molecule has 0 radical (unpaired) electrons. The summed E-state index contributed by atoms with van der Waals surface area (Å²) in [4.78, 5) is 14.0. The molecule has 1 fully saturated rings. The lowest BCUT2D eigenvalue weighted by atomic mass is 9.89. The molecule has 2 atom stereocenters. The van der Waals surface area contributed by atoms with Crippen molar-refractivity contribution < 1.29 is 9.18 Å². The Morgan fingerprint density at radius 3 is 2.84 bits per heavy atom. The Kier molecular flexibility index (Phi) is 4.55. The molecule has 6 nitrogen and oxygen atoms in total. The van der Waals surface area contributed by atoms with Crippen molar-refractivity contribution in [1.82, 2.24) is 14.7 Å². The number of rotatable bonds is 4. The number of nitrogens with two attached hydrogens (primary N) is 1. The third-order valence-corrected chi connectivity index (χ3v) is 4.99. The highest BCUT2D eigenvalue weighted by Crippen LogP contribution is 2.34. The molecule has 1 aromatic carbocycles. The maximum absolute atomic E-state index is 13.5. The topological polar surface area (TPSA) is 87.9 Å². The number of primary amides is 1. The lowest BCUT2D eigenvalue weighted by Crippen LogP contribution is -2.29. The van der Waals surface area contributed by atoms with Crippen LogP contribution in [0.2, 0.25) is 0 Å². The molecule has 1 aromatic heterocycles. The van der Waals surface area contributed by atoms with Gasteiger partial charge < -0.3 is 5.73 Å². The Hall–Kier alpha value is -2.72. The molecule has 0 spiro atoms. The number of carbonyl (C=O) groups excluding carboxylic acids is 1. The van der Waals surface area contributed by atoms with Crippen LogP contribution in [0.1, 0.15) is 28.3 Å². The van der Waals surface area contributed by atoms with Gasteiger partial charge in [0.25, 0.3) is 0 Å². The van der Waals surface area contributed by atoms with E-state index in [1.54, 1.807) is 23.0 Å². The molecule has 0 aliphatic carbocycles. The average Bonchev–Trinajstić information content (AvgIpc) is 3.13. The van der Waals surface area contributed by atoms with Gasteiger partial charge in [0.2, 0.25) is 5.91 Å². The number of amides is 1. The van der Waals surface area contributed by atoms with E-state index in [0.29, 0.717) is 19.6 Å². The Balaban J connectivity index is 1.82. The van der Waals surface area contributed by atoms with Crippen molar-refractivity contribution in [2.75, 3.05) is 13.1 Å². The van der Waals surface area contributed by atoms with Crippen LogP contribution < -0.4 is 5.73 Å². The van der Waals surface area contributed by atoms with Crippen LogP contribution in [0.4, 0.5) is 4.39 Å². The first kappa shape index (κ1) is 17.1. The van der Waals surface area contributed by atoms with Crippen molar-refractivity contribution >= 4 is 5.91 Å². The van der Waals surface area contributed by atoms with Gasteiger partial charge in [-0.1, -0.05) is 6.07 Å². The van der Waals surface area contributed by atoms with Gasteiger partial charge in [-0.2, -0.15) is 10.4 Å². The number of halogens is 1. The second kappa shape index (κ2) is 6.65. The monoisotopic (exact) mass is 341 g/mol. The molecule has 0 saturated carbocycles. The molecule has 7 heteroatoms. The van der Waals surface area contributed by atoms with Gasteiger partial charge in [-0.3, -0.25) is 14.4 Å². The summed E-state index contributed by atoms with van der Waals surface area (Å²) in [5.41, 5.74) is 8.54. The molecule has 25 heavy (non-hydrogen) atoms. The lowest BCUT2D eigenvalue weighted by Gasteiger charge is -2.16. The van der Waals surface area contributed by atoms with E-state index in [1.807, 2.05) is 20.0 Å². The molecule has 1 aliphatic heterocycles. The summed E-state index contributed by atoms with van der Waals surface area (Å²) in [5.74, 6) is -1.15. The normalized spacial score (nSPS) is 20.6. The van der Waals surface area contributed by atoms with E-state index in [0.717, 1.165) is 16.8 Å². The molecule has 3 rings (SSSR count). The summed E-state index contributed by atoms with van der Waals surface area (Å²) in [5, 5.41) is 13.2. The smallest absolute Gasteiger partial charge is 0.222 e. The van der Waals surface area contributed by atoms with Gasteiger partial charge in [0.1, 0.15) is 11.9 Å². The Morgan fingerprint density at radius 1 is 1.48 bits per heavy atom. The number of aromatic nitrogens is 2. The molecule has 2 heterocycles. The van der Waals surface area contributed by atoms with Gasteiger partial charge >= 0.3 is 0 Å². The summed E-state index contributed by atoms with van der Waals surface area (Å²) in [6, 6.07) is 6.38. The number of likely N-dealkylation sites (tertiary alicyclic amines) is 1. The predicted molar refractivity (Wildman–Crippen MR) is 89.8 cm³/mol. The van der Waals surface area contributed by atoms with Crippen LogP contribution in [0.15, 0.2) is 24.4 Å². The van der Waals surface area contributed by atoms with E-state index < -0.39 is 5.82 Å². The van der Waals surface area contributed by atoms with Gasteiger partial charge in [-0.05, 0) is 30.2 Å². The van der Waals surface area contributed by atoms with E-state index in [2.05, 4.69) is 10.00 Å². The Labute approximate surface area is 145 Å². The van der Waals surface area contributed by atoms with Crippen LogP contribution in [0, 0.1) is 30.0 Å². The van der Waals surface area contributed by atoms with E-state index in [1.165, 1.54) is 6.07 Å². The summed E-state index contributed by atoms with van der Waals surface area (Å²) in [6.45, 7) is 3.71. The first-order valence-electron chi connectivity index (χ1n) is 8.09. The number of carbonyl (C=O) groups is 1. The van der Waals surface area contributed by atoms with Crippen molar-refractivity contribution in [3.8, 4) is 6.07 Å². The van der Waals surface area contributed by atoms with Gasteiger partial charge in [0, 0.05) is 38.3 Å². The number of nitrogens with zero attached hydrogens (tertiary/aromatic N) is 4. The van der Waals surface area contributed by atoms with Crippen molar-refractivity contribution in [3.05, 3.63) is 52.6 Å². The van der Waals surface area contributed by atoms with Crippen LogP contribution in [0.25, 0.3) is 0 Å². The molecule has 2 N–H and O–H groups in total. The molecule has 1 amide bonds. The number of aryl methyl sites for hydroxylation is 1. The molecular formula is C18H20FN5O. The first-order valence-corrected chi connectivity index (χ1v) is 8.09. The predicted octanol–water partition coefficient (Wildman–Crippen LogP) is 1.44. The third-order valence-electron chi connectivity index (χ3n) is 4.99. The largest absolute Gasteiger partial charge is 0.369 e. The molecule has 130 valence electrons. The fourth-order valence-electron chi connectivity index (χ4n) is 3.51. The standard InChI is InChI=1S/C18H20FN5O/c1-11-14(7-22-23(11)2)15-9-24(10-16(15)18(21)25)8-12-3-4-17(19)13(5-12)6-20/h3-5,7,15-16H,8-10H2,1-2H3,(H2,21,25)/t15-,16+/m0/s1.